The number of aliphatic carboxylic acids is 1. The normalized spacial score (nSPS) is 10.1. The Morgan fingerprint density at radius 3 is 2.57 bits per heavy atom. The van der Waals surface area contributed by atoms with Gasteiger partial charge in [0, 0.05) is 12.1 Å². The van der Waals surface area contributed by atoms with Gasteiger partial charge >= 0.3 is 5.97 Å². The summed E-state index contributed by atoms with van der Waals surface area (Å²) in [6.07, 6.45) is 2.12. The van der Waals surface area contributed by atoms with Gasteiger partial charge < -0.3 is 19.6 Å². The molecule has 110 valence electrons. The maximum Gasteiger partial charge on any atom is 0.341 e. The Morgan fingerprint density at radius 2 is 1.95 bits per heavy atom. The van der Waals surface area contributed by atoms with Gasteiger partial charge in [-0.05, 0) is 30.3 Å². The van der Waals surface area contributed by atoms with E-state index >= 15 is 0 Å². The van der Waals surface area contributed by atoms with E-state index in [1.807, 2.05) is 6.92 Å². The van der Waals surface area contributed by atoms with Gasteiger partial charge in [-0.15, -0.1) is 0 Å². The highest BCUT2D eigenvalue weighted by molar-refractivity contribution is 6.04. The van der Waals surface area contributed by atoms with Crippen molar-refractivity contribution in [2.75, 3.05) is 11.9 Å². The van der Waals surface area contributed by atoms with Gasteiger partial charge in [-0.25, -0.2) is 4.79 Å². The van der Waals surface area contributed by atoms with Gasteiger partial charge in [-0.1, -0.05) is 6.92 Å². The fraction of sp³-hybridized carbons (Fsp3) is 0.200. The quantitative estimate of drug-likeness (QED) is 0.853. The molecule has 0 aliphatic carbocycles. The Labute approximate surface area is 121 Å². The second-order valence-electron chi connectivity index (χ2n) is 4.27. The zero-order valence-corrected chi connectivity index (χ0v) is 11.5. The molecular formula is C15H15NO5. The lowest BCUT2D eigenvalue weighted by Crippen LogP contribution is -2.13. The molecule has 0 unspecified atom stereocenters. The van der Waals surface area contributed by atoms with Crippen molar-refractivity contribution >= 4 is 17.6 Å². The van der Waals surface area contributed by atoms with Crippen LogP contribution in [0, 0.1) is 0 Å². The average molecular weight is 289 g/mol. The summed E-state index contributed by atoms with van der Waals surface area (Å²) in [6.45, 7) is 1.50. The van der Waals surface area contributed by atoms with Crippen molar-refractivity contribution in [2.45, 2.75) is 13.3 Å². The van der Waals surface area contributed by atoms with Crippen molar-refractivity contribution in [3.8, 4) is 5.75 Å². The van der Waals surface area contributed by atoms with Crippen LogP contribution in [0.1, 0.15) is 23.0 Å². The zero-order valence-electron chi connectivity index (χ0n) is 11.5. The van der Waals surface area contributed by atoms with Crippen molar-refractivity contribution in [2.24, 2.45) is 0 Å². The van der Waals surface area contributed by atoms with Gasteiger partial charge in [0.05, 0.1) is 11.8 Å². The molecule has 0 saturated carbocycles. The number of hydrogen-bond donors (Lipinski definition) is 2. The predicted octanol–water partition coefficient (Wildman–Crippen LogP) is 2.56. The van der Waals surface area contributed by atoms with Crippen LogP contribution in [0.3, 0.4) is 0 Å². The highest BCUT2D eigenvalue weighted by Crippen LogP contribution is 2.18. The van der Waals surface area contributed by atoms with Gasteiger partial charge in [0.2, 0.25) is 0 Å². The Balaban J connectivity index is 2.00. The number of anilines is 1. The van der Waals surface area contributed by atoms with E-state index in [0.717, 1.165) is 0 Å². The summed E-state index contributed by atoms with van der Waals surface area (Å²) in [6, 6.07) is 8.09. The number of carbonyl (C=O) groups excluding carboxylic acids is 1. The molecule has 0 bridgehead atoms. The number of carboxylic acids is 1. The third-order valence-corrected chi connectivity index (χ3v) is 2.79. The van der Waals surface area contributed by atoms with Crippen LogP contribution in [0.4, 0.5) is 5.69 Å². The van der Waals surface area contributed by atoms with Crippen molar-refractivity contribution in [3.05, 3.63) is 47.9 Å². The molecule has 1 aromatic carbocycles. The van der Waals surface area contributed by atoms with Crippen molar-refractivity contribution < 1.29 is 23.8 Å². The Hall–Kier alpha value is -2.76. The van der Waals surface area contributed by atoms with Gasteiger partial charge in [0.25, 0.3) is 5.91 Å². The van der Waals surface area contributed by atoms with Crippen molar-refractivity contribution in [1.82, 2.24) is 0 Å². The summed E-state index contributed by atoms with van der Waals surface area (Å²) in [5.41, 5.74) is 1.09. The van der Waals surface area contributed by atoms with Crippen LogP contribution in [0.5, 0.6) is 5.75 Å². The van der Waals surface area contributed by atoms with Crippen molar-refractivity contribution in [1.29, 1.82) is 0 Å². The van der Waals surface area contributed by atoms with Crippen LogP contribution in [0.25, 0.3) is 0 Å². The van der Waals surface area contributed by atoms with Crippen LogP contribution < -0.4 is 10.1 Å². The summed E-state index contributed by atoms with van der Waals surface area (Å²) in [5, 5.41) is 11.3. The van der Waals surface area contributed by atoms with E-state index in [-0.39, 0.29) is 5.91 Å². The lowest BCUT2D eigenvalue weighted by atomic mass is 10.2. The van der Waals surface area contributed by atoms with Crippen molar-refractivity contribution in [3.63, 3.8) is 0 Å². The fourth-order valence-electron chi connectivity index (χ4n) is 1.79. The van der Waals surface area contributed by atoms with Gasteiger partial charge in [0.1, 0.15) is 11.5 Å². The first-order valence-corrected chi connectivity index (χ1v) is 6.42. The molecule has 0 fully saturated rings. The first-order chi connectivity index (χ1) is 10.1. The highest BCUT2D eigenvalue weighted by Gasteiger charge is 2.13. The zero-order chi connectivity index (χ0) is 15.2. The molecule has 0 radical (unpaired) electrons. The molecular weight excluding hydrogens is 274 g/mol. The number of rotatable bonds is 6. The summed E-state index contributed by atoms with van der Waals surface area (Å²) in [7, 11) is 0. The number of furan rings is 1. The van der Waals surface area contributed by atoms with E-state index in [1.54, 1.807) is 30.3 Å². The molecule has 6 nitrogen and oxygen atoms in total. The summed E-state index contributed by atoms with van der Waals surface area (Å²) in [5.74, 6) is -0.235. The SMILES string of the molecule is CCc1occc1C(=O)Nc1ccc(OCC(=O)O)cc1. The molecule has 0 saturated heterocycles. The van der Waals surface area contributed by atoms with E-state index in [2.05, 4.69) is 5.32 Å². The largest absolute Gasteiger partial charge is 0.482 e. The average Bonchev–Trinajstić information content (AvgIpc) is 2.95. The Morgan fingerprint density at radius 1 is 1.24 bits per heavy atom. The predicted molar refractivity (Wildman–Crippen MR) is 75.6 cm³/mol. The molecule has 2 aromatic rings. The number of ether oxygens (including phenoxy) is 1. The first kappa shape index (κ1) is 14.6. The molecule has 1 heterocycles. The van der Waals surface area contributed by atoms with Crippen LogP contribution >= 0.6 is 0 Å². The molecule has 0 atom stereocenters. The maximum absolute atomic E-state index is 12.1. The number of aryl methyl sites for hydroxylation is 1. The molecule has 0 aliphatic rings. The number of benzene rings is 1. The summed E-state index contributed by atoms with van der Waals surface area (Å²) < 4.78 is 10.2. The fourth-order valence-corrected chi connectivity index (χ4v) is 1.79. The molecule has 6 heteroatoms. The molecule has 21 heavy (non-hydrogen) atoms. The number of nitrogens with one attached hydrogen (secondary N) is 1. The minimum atomic E-state index is -1.04. The summed E-state index contributed by atoms with van der Waals surface area (Å²) >= 11 is 0. The topological polar surface area (TPSA) is 88.8 Å². The van der Waals surface area contributed by atoms with E-state index < -0.39 is 12.6 Å². The second kappa shape index (κ2) is 6.60. The smallest absolute Gasteiger partial charge is 0.341 e. The molecule has 2 rings (SSSR count). The van der Waals surface area contributed by atoms with Gasteiger partial charge in [-0.2, -0.15) is 0 Å². The molecule has 2 N–H and O–H groups in total. The minimum absolute atomic E-state index is 0.250. The summed E-state index contributed by atoms with van der Waals surface area (Å²) in [4.78, 5) is 22.5. The third kappa shape index (κ3) is 3.85. The lowest BCUT2D eigenvalue weighted by Gasteiger charge is -2.07. The third-order valence-electron chi connectivity index (χ3n) is 2.79. The van der Waals surface area contributed by atoms with Crippen LogP contribution in [-0.4, -0.2) is 23.6 Å². The van der Waals surface area contributed by atoms with Crippen LogP contribution in [0.2, 0.25) is 0 Å². The number of carboxylic acid groups (broad SMARTS) is 1. The van der Waals surface area contributed by atoms with Crippen LogP contribution in [-0.2, 0) is 11.2 Å². The van der Waals surface area contributed by atoms with E-state index in [1.165, 1.54) is 6.26 Å². The van der Waals surface area contributed by atoms with E-state index in [4.69, 9.17) is 14.3 Å². The monoisotopic (exact) mass is 289 g/mol. The highest BCUT2D eigenvalue weighted by atomic mass is 16.5. The Bertz CT molecular complexity index is 630. The molecule has 1 aromatic heterocycles. The lowest BCUT2D eigenvalue weighted by molar-refractivity contribution is -0.139. The minimum Gasteiger partial charge on any atom is -0.482 e. The second-order valence-corrected chi connectivity index (χ2v) is 4.27. The molecule has 1 amide bonds. The number of hydrogen-bond acceptors (Lipinski definition) is 4. The molecule has 0 aliphatic heterocycles. The van der Waals surface area contributed by atoms with Gasteiger partial charge in [0.15, 0.2) is 6.61 Å². The van der Waals surface area contributed by atoms with Gasteiger partial charge in [-0.3, -0.25) is 4.79 Å². The number of amides is 1. The van der Waals surface area contributed by atoms with Crippen LogP contribution in [0.15, 0.2) is 41.0 Å². The maximum atomic E-state index is 12.1. The van der Waals surface area contributed by atoms with E-state index in [9.17, 15) is 9.59 Å². The Kier molecular flexibility index (Phi) is 4.61. The van der Waals surface area contributed by atoms with E-state index in [0.29, 0.717) is 29.2 Å². The number of carbonyl (C=O) groups is 2. The first-order valence-electron chi connectivity index (χ1n) is 6.42. The molecule has 0 spiro atoms. The standard InChI is InChI=1S/C15H15NO5/c1-2-13-12(7-8-20-13)15(19)16-10-3-5-11(6-4-10)21-9-14(17)18/h3-8H,2,9H2,1H3,(H,16,19)(H,17,18).